The first-order chi connectivity index (χ1) is 10.2. The molecule has 0 radical (unpaired) electrons. The zero-order valence-corrected chi connectivity index (χ0v) is 15.2. The van der Waals surface area contributed by atoms with Gasteiger partial charge < -0.3 is 5.73 Å². The highest BCUT2D eigenvalue weighted by atomic mass is 35.5. The number of aromatic nitrogens is 1. The number of rotatable bonds is 3. The minimum atomic E-state index is -0.202. The zero-order valence-electron chi connectivity index (χ0n) is 12.7. The van der Waals surface area contributed by atoms with Crippen LogP contribution in [-0.2, 0) is 13.0 Å². The number of nitrogens with two attached hydrogens (primary N) is 1. The summed E-state index contributed by atoms with van der Waals surface area (Å²) in [7, 11) is 0. The van der Waals surface area contributed by atoms with E-state index in [-0.39, 0.29) is 30.7 Å². The summed E-state index contributed by atoms with van der Waals surface area (Å²) >= 11 is 1.56. The van der Waals surface area contributed by atoms with Gasteiger partial charge in [-0.3, -0.25) is 15.0 Å². The summed E-state index contributed by atoms with van der Waals surface area (Å²) in [5.74, 6) is -0.202. The van der Waals surface area contributed by atoms with Crippen molar-refractivity contribution >= 4 is 52.9 Å². The standard InChI is InChI=1S/C15H18N4OS.2ClH/c1-2-19-8-7-12-13(9-19)21-15(17-12)18-14(20)10-5-3-4-6-11(10)16;;/h3-6H,2,7-9,16H2,1H3,(H,17,18,20);2*1H. The summed E-state index contributed by atoms with van der Waals surface area (Å²) in [6, 6.07) is 7.06. The minimum Gasteiger partial charge on any atom is -0.398 e. The van der Waals surface area contributed by atoms with E-state index in [0.29, 0.717) is 16.4 Å². The third-order valence-electron chi connectivity index (χ3n) is 3.68. The van der Waals surface area contributed by atoms with Gasteiger partial charge in [-0.2, -0.15) is 0 Å². The van der Waals surface area contributed by atoms with Gasteiger partial charge in [-0.1, -0.05) is 19.1 Å². The van der Waals surface area contributed by atoms with Crippen LogP contribution in [0.3, 0.4) is 0 Å². The number of nitrogens with one attached hydrogen (secondary N) is 1. The van der Waals surface area contributed by atoms with Crippen LogP contribution in [-0.4, -0.2) is 28.9 Å². The van der Waals surface area contributed by atoms with Crippen LogP contribution >= 0.6 is 36.2 Å². The average molecular weight is 375 g/mol. The van der Waals surface area contributed by atoms with Crippen molar-refractivity contribution in [3.63, 3.8) is 0 Å². The first-order valence-electron chi connectivity index (χ1n) is 7.04. The second-order valence-corrected chi connectivity index (χ2v) is 6.13. The van der Waals surface area contributed by atoms with E-state index in [1.54, 1.807) is 29.5 Å². The molecule has 1 aromatic carbocycles. The first kappa shape index (κ1) is 19.7. The smallest absolute Gasteiger partial charge is 0.259 e. The predicted molar refractivity (Wildman–Crippen MR) is 100 cm³/mol. The first-order valence-corrected chi connectivity index (χ1v) is 7.86. The molecule has 2 aromatic rings. The van der Waals surface area contributed by atoms with Crippen LogP contribution in [0, 0.1) is 0 Å². The molecule has 0 spiro atoms. The van der Waals surface area contributed by atoms with Gasteiger partial charge in [-0.25, -0.2) is 4.98 Å². The lowest BCUT2D eigenvalue weighted by Crippen LogP contribution is -2.29. The van der Waals surface area contributed by atoms with Crippen LogP contribution in [0.2, 0.25) is 0 Å². The highest BCUT2D eigenvalue weighted by Crippen LogP contribution is 2.28. The van der Waals surface area contributed by atoms with Gasteiger partial charge in [0.05, 0.1) is 11.3 Å². The molecule has 1 amide bonds. The summed E-state index contributed by atoms with van der Waals surface area (Å²) in [6.45, 7) is 5.16. The van der Waals surface area contributed by atoms with Crippen molar-refractivity contribution < 1.29 is 4.79 Å². The normalized spacial score (nSPS) is 13.4. The number of anilines is 2. The quantitative estimate of drug-likeness (QED) is 0.809. The van der Waals surface area contributed by atoms with Crippen molar-refractivity contribution in [3.8, 4) is 0 Å². The highest BCUT2D eigenvalue weighted by Gasteiger charge is 2.20. The Morgan fingerprint density at radius 1 is 1.39 bits per heavy atom. The maximum atomic E-state index is 12.2. The third kappa shape index (κ3) is 4.35. The molecular weight excluding hydrogens is 355 g/mol. The van der Waals surface area contributed by atoms with Gasteiger partial charge in [0.2, 0.25) is 0 Å². The van der Waals surface area contributed by atoms with E-state index in [1.807, 2.05) is 6.07 Å². The van der Waals surface area contributed by atoms with Gasteiger partial charge in [0.25, 0.3) is 5.91 Å². The van der Waals surface area contributed by atoms with Crippen LogP contribution < -0.4 is 11.1 Å². The number of thiazole rings is 1. The monoisotopic (exact) mass is 374 g/mol. The lowest BCUT2D eigenvalue weighted by molar-refractivity contribution is 0.102. The molecule has 126 valence electrons. The van der Waals surface area contributed by atoms with Crippen molar-refractivity contribution in [3.05, 3.63) is 40.4 Å². The maximum absolute atomic E-state index is 12.2. The van der Waals surface area contributed by atoms with E-state index in [9.17, 15) is 4.79 Å². The van der Waals surface area contributed by atoms with Gasteiger partial charge >= 0.3 is 0 Å². The van der Waals surface area contributed by atoms with E-state index in [4.69, 9.17) is 5.73 Å². The Balaban J connectivity index is 0.00000132. The Hall–Kier alpha value is -1.34. The van der Waals surface area contributed by atoms with E-state index < -0.39 is 0 Å². The molecule has 0 saturated carbocycles. The largest absolute Gasteiger partial charge is 0.398 e. The number of nitrogen functional groups attached to an aromatic ring is 1. The number of amides is 1. The number of fused-ring (bicyclic) bond motifs is 1. The van der Waals surface area contributed by atoms with Crippen molar-refractivity contribution in [1.82, 2.24) is 9.88 Å². The van der Waals surface area contributed by atoms with E-state index >= 15 is 0 Å². The molecule has 5 nitrogen and oxygen atoms in total. The molecule has 8 heteroatoms. The van der Waals surface area contributed by atoms with Crippen LogP contribution in [0.1, 0.15) is 27.9 Å². The Morgan fingerprint density at radius 3 is 2.83 bits per heavy atom. The van der Waals surface area contributed by atoms with Gasteiger partial charge in [-0.15, -0.1) is 36.2 Å². The van der Waals surface area contributed by atoms with Gasteiger partial charge in [0.1, 0.15) is 0 Å². The van der Waals surface area contributed by atoms with Gasteiger partial charge in [-0.05, 0) is 18.7 Å². The summed E-state index contributed by atoms with van der Waals surface area (Å²) in [6.07, 6.45) is 0.947. The van der Waals surface area contributed by atoms with Crippen molar-refractivity contribution in [2.24, 2.45) is 0 Å². The molecule has 0 bridgehead atoms. The Morgan fingerprint density at radius 2 is 2.13 bits per heavy atom. The predicted octanol–water partition coefficient (Wildman–Crippen LogP) is 3.20. The van der Waals surface area contributed by atoms with Crippen LogP contribution in [0.25, 0.3) is 0 Å². The Kier molecular flexibility index (Phi) is 7.28. The SMILES string of the molecule is CCN1CCc2nc(NC(=O)c3ccccc3N)sc2C1.Cl.Cl. The summed E-state index contributed by atoms with van der Waals surface area (Å²) in [4.78, 5) is 20.4. The molecule has 3 rings (SSSR count). The minimum absolute atomic E-state index is 0. The number of hydrogen-bond donors (Lipinski definition) is 2. The topological polar surface area (TPSA) is 71.2 Å². The molecule has 0 aliphatic carbocycles. The molecule has 1 aromatic heterocycles. The average Bonchev–Trinajstić information content (AvgIpc) is 2.88. The summed E-state index contributed by atoms with van der Waals surface area (Å²) < 4.78 is 0. The maximum Gasteiger partial charge on any atom is 0.259 e. The zero-order chi connectivity index (χ0) is 14.8. The number of carbonyl (C=O) groups excluding carboxylic acids is 1. The lowest BCUT2D eigenvalue weighted by Gasteiger charge is -2.23. The molecule has 0 atom stereocenters. The van der Waals surface area contributed by atoms with Crippen LogP contribution in [0.15, 0.2) is 24.3 Å². The number of para-hydroxylation sites is 1. The van der Waals surface area contributed by atoms with E-state index in [0.717, 1.165) is 31.7 Å². The molecule has 3 N–H and O–H groups in total. The van der Waals surface area contributed by atoms with Crippen LogP contribution in [0.4, 0.5) is 10.8 Å². The molecular formula is C15H20Cl2N4OS. The fourth-order valence-electron chi connectivity index (χ4n) is 2.44. The molecule has 23 heavy (non-hydrogen) atoms. The molecule has 2 heterocycles. The second-order valence-electron chi connectivity index (χ2n) is 5.05. The highest BCUT2D eigenvalue weighted by molar-refractivity contribution is 7.15. The molecule has 1 aliphatic heterocycles. The molecule has 0 fully saturated rings. The van der Waals surface area contributed by atoms with Crippen molar-refractivity contribution in [2.75, 3.05) is 24.1 Å². The molecule has 0 unspecified atom stereocenters. The fourth-order valence-corrected chi connectivity index (χ4v) is 3.49. The summed E-state index contributed by atoms with van der Waals surface area (Å²) in [5.41, 5.74) is 7.90. The van der Waals surface area contributed by atoms with Crippen molar-refractivity contribution in [1.29, 1.82) is 0 Å². The molecule has 1 aliphatic rings. The van der Waals surface area contributed by atoms with Gasteiger partial charge in [0.15, 0.2) is 5.13 Å². The number of likely N-dealkylation sites (N-methyl/N-ethyl adjacent to an activating group) is 1. The van der Waals surface area contributed by atoms with Gasteiger partial charge in [0, 0.05) is 30.1 Å². The number of carbonyl (C=O) groups is 1. The van der Waals surface area contributed by atoms with E-state index in [1.165, 1.54) is 4.88 Å². The number of halogens is 2. The van der Waals surface area contributed by atoms with Crippen LogP contribution in [0.5, 0.6) is 0 Å². The lowest BCUT2D eigenvalue weighted by atomic mass is 10.2. The summed E-state index contributed by atoms with van der Waals surface area (Å²) in [5, 5.41) is 3.52. The van der Waals surface area contributed by atoms with Crippen molar-refractivity contribution in [2.45, 2.75) is 19.9 Å². The Bertz CT molecular complexity index is 677. The molecule has 0 saturated heterocycles. The number of benzene rings is 1. The number of hydrogen-bond acceptors (Lipinski definition) is 5. The Labute approximate surface area is 152 Å². The fraction of sp³-hybridized carbons (Fsp3) is 0.333. The van der Waals surface area contributed by atoms with E-state index in [2.05, 4.69) is 22.1 Å². The number of nitrogens with zero attached hydrogens (tertiary/aromatic N) is 2. The third-order valence-corrected chi connectivity index (χ3v) is 4.68. The second kappa shape index (κ2) is 8.49.